The van der Waals surface area contributed by atoms with Crippen molar-refractivity contribution in [1.82, 2.24) is 0 Å². The zero-order chi connectivity index (χ0) is 24.5. The molecule has 0 aromatic heterocycles. The summed E-state index contributed by atoms with van der Waals surface area (Å²) in [5.74, 6) is 0.0348. The molecule has 0 radical (unpaired) electrons. The van der Waals surface area contributed by atoms with Crippen molar-refractivity contribution in [3.8, 4) is 11.5 Å². The molecule has 0 aliphatic rings. The Kier molecular flexibility index (Phi) is 8.40. The fourth-order valence-electron chi connectivity index (χ4n) is 3.12. The molecule has 0 aliphatic heterocycles. The van der Waals surface area contributed by atoms with Crippen molar-refractivity contribution in [1.29, 1.82) is 0 Å². The number of amides is 2. The van der Waals surface area contributed by atoms with Gasteiger partial charge in [0.25, 0.3) is 5.91 Å². The summed E-state index contributed by atoms with van der Waals surface area (Å²) in [5.41, 5.74) is 4.21. The number of para-hydroxylation sites is 1. The number of ether oxygens (including phenoxy) is 2. The van der Waals surface area contributed by atoms with E-state index in [0.717, 1.165) is 22.4 Å². The number of anilines is 2. The Morgan fingerprint density at radius 3 is 2.24 bits per heavy atom. The van der Waals surface area contributed by atoms with Gasteiger partial charge in [-0.3, -0.25) is 14.4 Å². The first-order valence-corrected chi connectivity index (χ1v) is 11.0. The highest BCUT2D eigenvalue weighted by Gasteiger charge is 2.12. The van der Waals surface area contributed by atoms with Crippen LogP contribution in [0.5, 0.6) is 11.5 Å². The Labute approximate surface area is 199 Å². The molecule has 2 amide bonds. The molecule has 0 aliphatic carbocycles. The van der Waals surface area contributed by atoms with E-state index in [-0.39, 0.29) is 18.7 Å². The summed E-state index contributed by atoms with van der Waals surface area (Å²) in [6.07, 6.45) is -0.185. The third-order valence-corrected chi connectivity index (χ3v) is 5.05. The lowest BCUT2D eigenvalue weighted by molar-refractivity contribution is -0.147. The zero-order valence-electron chi connectivity index (χ0n) is 19.5. The zero-order valence-corrected chi connectivity index (χ0v) is 19.5. The Hall–Kier alpha value is -4.13. The number of benzene rings is 3. The fraction of sp³-hybridized carbons (Fsp3) is 0.222. The van der Waals surface area contributed by atoms with Crippen molar-refractivity contribution in [2.24, 2.45) is 0 Å². The lowest BCUT2D eigenvalue weighted by atomic mass is 10.1. The molecule has 3 rings (SSSR count). The van der Waals surface area contributed by atoms with Gasteiger partial charge in [-0.1, -0.05) is 30.3 Å². The molecule has 0 atom stereocenters. The van der Waals surface area contributed by atoms with Gasteiger partial charge in [0.1, 0.15) is 11.5 Å². The minimum absolute atomic E-state index is 0.0566. The maximum Gasteiger partial charge on any atom is 0.306 e. The van der Waals surface area contributed by atoms with Crippen molar-refractivity contribution in [3.05, 3.63) is 83.4 Å². The smallest absolute Gasteiger partial charge is 0.306 e. The number of hydrogen-bond acceptors (Lipinski definition) is 5. The van der Waals surface area contributed by atoms with Gasteiger partial charge >= 0.3 is 5.97 Å². The van der Waals surface area contributed by atoms with E-state index in [2.05, 4.69) is 10.6 Å². The van der Waals surface area contributed by atoms with Crippen LogP contribution in [0.1, 0.15) is 29.5 Å². The van der Waals surface area contributed by atoms with E-state index < -0.39 is 18.5 Å². The largest absolute Gasteiger partial charge is 0.457 e. The van der Waals surface area contributed by atoms with Gasteiger partial charge in [0.2, 0.25) is 5.91 Å². The molecule has 0 fully saturated rings. The van der Waals surface area contributed by atoms with Crippen LogP contribution in [0.3, 0.4) is 0 Å². The average molecular weight is 461 g/mol. The van der Waals surface area contributed by atoms with Crippen molar-refractivity contribution >= 4 is 29.2 Å². The highest BCUT2D eigenvalue weighted by atomic mass is 16.5. The van der Waals surface area contributed by atoms with Crippen molar-refractivity contribution < 1.29 is 23.9 Å². The molecule has 0 saturated carbocycles. The van der Waals surface area contributed by atoms with Gasteiger partial charge in [0, 0.05) is 17.8 Å². The summed E-state index contributed by atoms with van der Waals surface area (Å²) in [6, 6.07) is 20.4. The maximum absolute atomic E-state index is 12.2. The van der Waals surface area contributed by atoms with E-state index in [4.69, 9.17) is 9.47 Å². The third kappa shape index (κ3) is 7.48. The Morgan fingerprint density at radius 2 is 1.50 bits per heavy atom. The van der Waals surface area contributed by atoms with Crippen LogP contribution in [-0.2, 0) is 19.1 Å². The van der Waals surface area contributed by atoms with Crippen LogP contribution in [0.15, 0.2) is 66.7 Å². The number of aryl methyl sites for hydroxylation is 3. The molecule has 3 aromatic carbocycles. The summed E-state index contributed by atoms with van der Waals surface area (Å²) < 4.78 is 10.8. The molecule has 0 bridgehead atoms. The lowest BCUT2D eigenvalue weighted by Crippen LogP contribution is -2.22. The molecule has 0 unspecified atom stereocenters. The van der Waals surface area contributed by atoms with Crippen molar-refractivity contribution in [3.63, 3.8) is 0 Å². The molecule has 34 heavy (non-hydrogen) atoms. The Morgan fingerprint density at radius 1 is 0.765 bits per heavy atom. The highest BCUT2D eigenvalue weighted by molar-refractivity contribution is 5.95. The predicted molar refractivity (Wildman–Crippen MR) is 131 cm³/mol. The molecule has 2 N–H and O–H groups in total. The number of rotatable bonds is 9. The monoisotopic (exact) mass is 460 g/mol. The summed E-state index contributed by atoms with van der Waals surface area (Å²) in [6.45, 7) is 5.36. The first kappa shape index (κ1) is 24.5. The van der Waals surface area contributed by atoms with E-state index in [1.54, 1.807) is 24.3 Å². The fourth-order valence-corrected chi connectivity index (χ4v) is 3.12. The summed E-state index contributed by atoms with van der Waals surface area (Å²) in [7, 11) is 0. The first-order chi connectivity index (χ1) is 16.3. The third-order valence-electron chi connectivity index (χ3n) is 5.05. The molecular weight excluding hydrogens is 432 g/mol. The minimum atomic E-state index is -0.617. The van der Waals surface area contributed by atoms with Gasteiger partial charge in [-0.25, -0.2) is 0 Å². The molecule has 7 nitrogen and oxygen atoms in total. The van der Waals surface area contributed by atoms with E-state index in [0.29, 0.717) is 17.1 Å². The van der Waals surface area contributed by atoms with Crippen LogP contribution in [0, 0.1) is 20.8 Å². The van der Waals surface area contributed by atoms with Gasteiger partial charge in [-0.2, -0.15) is 0 Å². The average Bonchev–Trinajstić information content (AvgIpc) is 2.81. The van der Waals surface area contributed by atoms with Crippen molar-refractivity contribution in [2.75, 3.05) is 17.2 Å². The predicted octanol–water partition coefficient (Wildman–Crippen LogP) is 5.30. The molecule has 3 aromatic rings. The molecule has 0 heterocycles. The number of carbonyl (C=O) groups is 3. The SMILES string of the molecule is Cc1ccc(C)c(NC(=O)COC(=O)CCC(=O)Nc2ccc(Oc3ccccc3C)cc2)c1. The van der Waals surface area contributed by atoms with Crippen LogP contribution in [0.2, 0.25) is 0 Å². The minimum Gasteiger partial charge on any atom is -0.457 e. The number of carbonyl (C=O) groups excluding carboxylic acids is 3. The molecular formula is C27H28N2O5. The molecule has 0 saturated heterocycles. The van der Waals surface area contributed by atoms with Crippen LogP contribution in [-0.4, -0.2) is 24.4 Å². The van der Waals surface area contributed by atoms with Gasteiger partial charge < -0.3 is 20.1 Å². The lowest BCUT2D eigenvalue weighted by Gasteiger charge is -2.10. The molecule has 0 spiro atoms. The Balaban J connectivity index is 1.38. The van der Waals surface area contributed by atoms with Crippen molar-refractivity contribution in [2.45, 2.75) is 33.6 Å². The standard InChI is InChI=1S/C27H28N2O5/c1-18-8-9-19(2)23(16-18)29-26(31)17-33-27(32)15-14-25(30)28-21-10-12-22(13-11-21)34-24-7-5-4-6-20(24)3/h4-13,16H,14-15,17H2,1-3H3,(H,28,30)(H,29,31). The Bertz CT molecular complexity index is 1170. The van der Waals surface area contributed by atoms with Crippen LogP contribution in [0.4, 0.5) is 11.4 Å². The number of nitrogens with one attached hydrogen (secondary N) is 2. The highest BCUT2D eigenvalue weighted by Crippen LogP contribution is 2.25. The maximum atomic E-state index is 12.2. The topological polar surface area (TPSA) is 93.7 Å². The summed E-state index contributed by atoms with van der Waals surface area (Å²) >= 11 is 0. The van der Waals surface area contributed by atoms with Crippen LogP contribution >= 0.6 is 0 Å². The van der Waals surface area contributed by atoms with Gasteiger partial charge in [-0.15, -0.1) is 0 Å². The van der Waals surface area contributed by atoms with Gasteiger partial charge in [0.15, 0.2) is 6.61 Å². The van der Waals surface area contributed by atoms with E-state index in [1.807, 2.05) is 63.2 Å². The van der Waals surface area contributed by atoms with E-state index in [1.165, 1.54) is 0 Å². The molecule has 176 valence electrons. The second-order valence-corrected chi connectivity index (χ2v) is 7.97. The van der Waals surface area contributed by atoms with E-state index in [9.17, 15) is 14.4 Å². The second kappa shape index (κ2) is 11.7. The normalized spacial score (nSPS) is 10.3. The summed E-state index contributed by atoms with van der Waals surface area (Å²) in [5, 5.41) is 5.45. The number of hydrogen-bond donors (Lipinski definition) is 2. The van der Waals surface area contributed by atoms with Crippen LogP contribution < -0.4 is 15.4 Å². The van der Waals surface area contributed by atoms with Crippen LogP contribution in [0.25, 0.3) is 0 Å². The first-order valence-electron chi connectivity index (χ1n) is 11.0. The van der Waals surface area contributed by atoms with Gasteiger partial charge in [0.05, 0.1) is 6.42 Å². The van der Waals surface area contributed by atoms with Gasteiger partial charge in [-0.05, 0) is 73.9 Å². The van der Waals surface area contributed by atoms with E-state index >= 15 is 0 Å². The molecule has 7 heteroatoms. The summed E-state index contributed by atoms with van der Waals surface area (Å²) in [4.78, 5) is 36.1. The second-order valence-electron chi connectivity index (χ2n) is 7.97. The quantitative estimate of drug-likeness (QED) is 0.423. The number of esters is 1.